The minimum atomic E-state index is -0.172. The number of nitrogens with zero attached hydrogens (tertiary/aromatic N) is 3. The first kappa shape index (κ1) is 16.3. The van der Waals surface area contributed by atoms with Gasteiger partial charge in [-0.05, 0) is 27.7 Å². The zero-order valence-electron chi connectivity index (χ0n) is 14.0. The average Bonchev–Trinajstić information content (AvgIpc) is 2.62. The number of hydrogen-bond donors (Lipinski definition) is 1. The number of aromatic nitrogens is 2. The van der Waals surface area contributed by atoms with Crippen molar-refractivity contribution >= 4 is 0 Å². The molecule has 21 heavy (non-hydrogen) atoms. The summed E-state index contributed by atoms with van der Waals surface area (Å²) in [5, 5.41) is 4.48. The fraction of sp³-hybridized carbons (Fsp3) is 0.800. The third-order valence-electron chi connectivity index (χ3n) is 4.00. The Morgan fingerprint density at radius 3 is 2.71 bits per heavy atom. The van der Waals surface area contributed by atoms with Crippen LogP contribution in [0.5, 0.6) is 5.88 Å². The second kappa shape index (κ2) is 5.94. The molecule has 0 aromatic carbocycles. The van der Waals surface area contributed by atoms with Crippen molar-refractivity contribution in [1.82, 2.24) is 14.7 Å². The van der Waals surface area contributed by atoms with Crippen LogP contribution in [-0.4, -0.2) is 53.1 Å². The van der Waals surface area contributed by atoms with Gasteiger partial charge in [-0.1, -0.05) is 0 Å². The normalized spacial score (nSPS) is 24.0. The van der Waals surface area contributed by atoms with Gasteiger partial charge in [0, 0.05) is 26.7 Å². The van der Waals surface area contributed by atoms with Crippen LogP contribution in [0.4, 0.5) is 0 Å². The van der Waals surface area contributed by atoms with Crippen LogP contribution in [-0.2, 0) is 11.8 Å². The van der Waals surface area contributed by atoms with Gasteiger partial charge in [-0.3, -0.25) is 4.90 Å². The van der Waals surface area contributed by atoms with Crippen molar-refractivity contribution < 1.29 is 9.47 Å². The van der Waals surface area contributed by atoms with Gasteiger partial charge in [-0.25, -0.2) is 4.68 Å². The first-order valence-electron chi connectivity index (χ1n) is 7.48. The summed E-state index contributed by atoms with van der Waals surface area (Å²) < 4.78 is 13.3. The molecule has 0 bridgehead atoms. The standard InChI is InChI=1S/C15H28N4O2/c1-10-8-19(9-15(3,4)21-10)12(7-16)13-11(2)17-18(5)14(13)20-6/h10,12H,7-9,16H2,1-6H3. The molecule has 120 valence electrons. The zero-order valence-corrected chi connectivity index (χ0v) is 14.0. The molecule has 1 aromatic rings. The van der Waals surface area contributed by atoms with Gasteiger partial charge >= 0.3 is 0 Å². The summed E-state index contributed by atoms with van der Waals surface area (Å²) >= 11 is 0. The second-order valence-electron chi connectivity index (χ2n) is 6.50. The molecule has 6 nitrogen and oxygen atoms in total. The zero-order chi connectivity index (χ0) is 15.8. The van der Waals surface area contributed by atoms with E-state index in [0.29, 0.717) is 6.54 Å². The van der Waals surface area contributed by atoms with Gasteiger partial charge in [0.25, 0.3) is 0 Å². The molecular weight excluding hydrogens is 268 g/mol. The van der Waals surface area contributed by atoms with Gasteiger partial charge in [0.15, 0.2) is 0 Å². The predicted octanol–water partition coefficient (Wildman–Crippen LogP) is 1.24. The van der Waals surface area contributed by atoms with Crippen molar-refractivity contribution in [3.05, 3.63) is 11.3 Å². The highest BCUT2D eigenvalue weighted by molar-refractivity contribution is 5.34. The Kier molecular flexibility index (Phi) is 4.60. The van der Waals surface area contributed by atoms with Crippen molar-refractivity contribution in [1.29, 1.82) is 0 Å². The molecule has 0 amide bonds. The fourth-order valence-corrected chi connectivity index (χ4v) is 3.47. The Hall–Kier alpha value is -1.11. The van der Waals surface area contributed by atoms with Crippen molar-refractivity contribution in [2.24, 2.45) is 12.8 Å². The number of ether oxygens (including phenoxy) is 2. The Bertz CT molecular complexity index is 498. The summed E-state index contributed by atoms with van der Waals surface area (Å²) in [6.45, 7) is 10.6. The Morgan fingerprint density at radius 1 is 1.52 bits per heavy atom. The van der Waals surface area contributed by atoms with Crippen LogP contribution in [0.2, 0.25) is 0 Å². The first-order chi connectivity index (χ1) is 9.79. The smallest absolute Gasteiger partial charge is 0.216 e. The molecule has 2 atom stereocenters. The minimum absolute atomic E-state index is 0.0966. The van der Waals surface area contributed by atoms with Gasteiger partial charge in [0.2, 0.25) is 5.88 Å². The molecule has 0 radical (unpaired) electrons. The Morgan fingerprint density at radius 2 is 2.19 bits per heavy atom. The largest absolute Gasteiger partial charge is 0.481 e. The molecule has 2 rings (SSSR count). The molecule has 0 aliphatic carbocycles. The van der Waals surface area contributed by atoms with Crippen LogP contribution in [0.15, 0.2) is 0 Å². The van der Waals surface area contributed by atoms with Crippen molar-refractivity contribution in [2.45, 2.75) is 45.4 Å². The van der Waals surface area contributed by atoms with E-state index in [1.165, 1.54) is 0 Å². The summed E-state index contributed by atoms with van der Waals surface area (Å²) in [6, 6.07) is 0.0966. The van der Waals surface area contributed by atoms with Crippen LogP contribution in [0.3, 0.4) is 0 Å². The van der Waals surface area contributed by atoms with Crippen molar-refractivity contribution in [3.63, 3.8) is 0 Å². The van der Waals surface area contributed by atoms with Gasteiger partial charge < -0.3 is 15.2 Å². The summed E-state index contributed by atoms with van der Waals surface area (Å²) in [7, 11) is 3.58. The van der Waals surface area contributed by atoms with E-state index in [-0.39, 0.29) is 17.7 Å². The third-order valence-corrected chi connectivity index (χ3v) is 4.00. The molecule has 0 spiro atoms. The van der Waals surface area contributed by atoms with Crippen LogP contribution in [0, 0.1) is 6.92 Å². The molecule has 1 fully saturated rings. The maximum absolute atomic E-state index is 6.10. The Balaban J connectivity index is 2.36. The van der Waals surface area contributed by atoms with Crippen molar-refractivity contribution in [3.8, 4) is 5.88 Å². The van der Waals surface area contributed by atoms with E-state index in [9.17, 15) is 0 Å². The van der Waals surface area contributed by atoms with Crippen LogP contribution >= 0.6 is 0 Å². The molecule has 1 aromatic heterocycles. The van der Waals surface area contributed by atoms with Gasteiger partial charge in [-0.2, -0.15) is 5.10 Å². The van der Waals surface area contributed by atoms with E-state index in [4.69, 9.17) is 15.2 Å². The van der Waals surface area contributed by atoms with E-state index >= 15 is 0 Å². The van der Waals surface area contributed by atoms with E-state index in [1.807, 2.05) is 14.0 Å². The monoisotopic (exact) mass is 296 g/mol. The highest BCUT2D eigenvalue weighted by Gasteiger charge is 2.37. The molecule has 2 heterocycles. The predicted molar refractivity (Wildman–Crippen MR) is 82.5 cm³/mol. The Labute approximate surface area is 127 Å². The molecule has 2 N–H and O–H groups in total. The second-order valence-corrected chi connectivity index (χ2v) is 6.50. The van der Waals surface area contributed by atoms with Crippen molar-refractivity contribution in [2.75, 3.05) is 26.7 Å². The number of rotatable bonds is 4. The average molecular weight is 296 g/mol. The van der Waals surface area contributed by atoms with Gasteiger partial charge in [0.05, 0.1) is 36.1 Å². The van der Waals surface area contributed by atoms with Crippen LogP contribution in [0.1, 0.15) is 38.1 Å². The maximum atomic E-state index is 6.10. The van der Waals surface area contributed by atoms with E-state index < -0.39 is 0 Å². The number of morpholine rings is 1. The number of aryl methyl sites for hydroxylation is 2. The molecule has 2 unspecified atom stereocenters. The lowest BCUT2D eigenvalue weighted by molar-refractivity contribution is -0.137. The SMILES string of the molecule is COc1c(C(CN)N2CC(C)OC(C)(C)C2)c(C)nn1C. The molecule has 0 saturated carbocycles. The highest BCUT2D eigenvalue weighted by Crippen LogP contribution is 2.34. The highest BCUT2D eigenvalue weighted by atomic mass is 16.5. The van der Waals surface area contributed by atoms with Gasteiger partial charge in [0.1, 0.15) is 0 Å². The minimum Gasteiger partial charge on any atom is -0.481 e. The number of hydrogen-bond acceptors (Lipinski definition) is 5. The fourth-order valence-electron chi connectivity index (χ4n) is 3.47. The molecule has 1 aliphatic rings. The summed E-state index contributed by atoms with van der Waals surface area (Å²) in [5.74, 6) is 0.792. The van der Waals surface area contributed by atoms with E-state index in [0.717, 1.165) is 30.2 Å². The summed E-state index contributed by atoms with van der Waals surface area (Å²) in [6.07, 6.45) is 0.186. The number of nitrogens with two attached hydrogens (primary N) is 1. The van der Waals surface area contributed by atoms with Crippen LogP contribution in [0.25, 0.3) is 0 Å². The molecule has 1 saturated heterocycles. The van der Waals surface area contributed by atoms with Crippen LogP contribution < -0.4 is 10.5 Å². The summed E-state index contributed by atoms with van der Waals surface area (Å²) in [5.41, 5.74) is 7.99. The number of methoxy groups -OCH3 is 1. The van der Waals surface area contributed by atoms with Gasteiger partial charge in [-0.15, -0.1) is 0 Å². The lowest BCUT2D eigenvalue weighted by Crippen LogP contribution is -2.54. The lowest BCUT2D eigenvalue weighted by atomic mass is 9.99. The first-order valence-corrected chi connectivity index (χ1v) is 7.48. The molecule has 1 aliphatic heterocycles. The topological polar surface area (TPSA) is 65.5 Å². The third kappa shape index (κ3) is 3.22. The molecular formula is C15H28N4O2. The quantitative estimate of drug-likeness (QED) is 0.905. The lowest BCUT2D eigenvalue weighted by Gasteiger charge is -2.45. The van der Waals surface area contributed by atoms with E-state index in [2.05, 4.69) is 30.8 Å². The molecule has 6 heteroatoms. The maximum Gasteiger partial charge on any atom is 0.216 e. The summed E-state index contributed by atoms with van der Waals surface area (Å²) in [4.78, 5) is 2.39. The van der Waals surface area contributed by atoms with E-state index in [1.54, 1.807) is 11.8 Å².